The molecule has 4 heteroatoms. The van der Waals surface area contributed by atoms with Gasteiger partial charge < -0.3 is 0 Å². The predicted octanol–water partition coefficient (Wildman–Crippen LogP) is 0.0704. The lowest BCUT2D eigenvalue weighted by atomic mass is 11.2. The van der Waals surface area contributed by atoms with Crippen LogP contribution in [-0.4, -0.2) is 23.7 Å². The quantitative estimate of drug-likeness (QED) is 0.492. The average molecular weight is 117 g/mol. The summed E-state index contributed by atoms with van der Waals surface area (Å²) in [5.41, 5.74) is 2.98. The largest absolute Gasteiger partial charge is 0.256 e. The van der Waals surface area contributed by atoms with Gasteiger partial charge in [0, 0.05) is 6.26 Å². The Morgan fingerprint density at radius 1 is 2.00 bits per heavy atom. The van der Waals surface area contributed by atoms with E-state index in [0.29, 0.717) is 0 Å². The molecule has 1 aliphatic heterocycles. The van der Waals surface area contributed by atoms with Crippen molar-refractivity contribution >= 4 is 18.3 Å². The number of hydrazine groups is 1. The maximum Gasteiger partial charge on any atom is 0.113 e. The summed E-state index contributed by atoms with van der Waals surface area (Å²) in [5.74, 6) is 0. The van der Waals surface area contributed by atoms with E-state index >= 15 is 0 Å². The number of nitrogens with zero attached hydrogens (tertiary/aromatic N) is 2. The van der Waals surface area contributed by atoms with Crippen molar-refractivity contribution in [2.75, 3.05) is 12.9 Å². The van der Waals surface area contributed by atoms with E-state index in [0.717, 1.165) is 6.67 Å². The molecule has 0 bridgehead atoms. The molecular formula is C3H7N3S. The molecule has 0 fully saturated rings. The molecule has 0 aromatic rings. The second kappa shape index (κ2) is 2.18. The normalized spacial score (nSPS) is 18.7. The lowest BCUT2D eigenvalue weighted by molar-refractivity contribution is 0.556. The van der Waals surface area contributed by atoms with Crippen LogP contribution in [0.25, 0.3) is 0 Å². The van der Waals surface area contributed by atoms with Gasteiger partial charge in [-0.1, -0.05) is 0 Å². The molecule has 40 valence electrons. The van der Waals surface area contributed by atoms with Crippen LogP contribution in [0.4, 0.5) is 0 Å². The molecule has 0 saturated carbocycles. The van der Waals surface area contributed by atoms with Gasteiger partial charge in [-0.25, -0.2) is 9.84 Å². The van der Waals surface area contributed by atoms with E-state index in [1.165, 1.54) is 0 Å². The first kappa shape index (κ1) is 4.93. The van der Waals surface area contributed by atoms with Crippen molar-refractivity contribution < 1.29 is 0 Å². The van der Waals surface area contributed by atoms with E-state index in [9.17, 15) is 0 Å². The van der Waals surface area contributed by atoms with Gasteiger partial charge >= 0.3 is 0 Å². The van der Waals surface area contributed by atoms with E-state index in [4.69, 9.17) is 0 Å². The van der Waals surface area contributed by atoms with Crippen LogP contribution in [0.1, 0.15) is 0 Å². The lowest BCUT2D eigenvalue weighted by Crippen LogP contribution is -2.23. The average Bonchev–Trinajstić information content (AvgIpc) is 2.14. The molecule has 0 aliphatic carbocycles. The van der Waals surface area contributed by atoms with E-state index in [2.05, 4.69) is 10.4 Å². The monoisotopic (exact) mass is 117 g/mol. The van der Waals surface area contributed by atoms with Crippen molar-refractivity contribution in [1.29, 1.82) is 0 Å². The Bertz CT molecular complexity index is 82.2. The molecule has 3 nitrogen and oxygen atoms in total. The van der Waals surface area contributed by atoms with Crippen LogP contribution in [-0.2, 0) is 0 Å². The van der Waals surface area contributed by atoms with Gasteiger partial charge in [0.25, 0.3) is 0 Å². The molecule has 1 heterocycles. The molecular weight excluding hydrogens is 110 g/mol. The number of hydrogen-bond acceptors (Lipinski definition) is 4. The molecule has 1 aliphatic rings. The van der Waals surface area contributed by atoms with Crippen molar-refractivity contribution in [3.8, 4) is 0 Å². The van der Waals surface area contributed by atoms with Crippen LogP contribution in [0.2, 0.25) is 0 Å². The maximum absolute atomic E-state index is 3.90. The van der Waals surface area contributed by atoms with E-state index < -0.39 is 0 Å². The van der Waals surface area contributed by atoms with Crippen LogP contribution < -0.4 is 5.43 Å². The molecule has 7 heavy (non-hydrogen) atoms. The lowest BCUT2D eigenvalue weighted by Gasteiger charge is -2.06. The summed E-state index contributed by atoms with van der Waals surface area (Å²) in [4.78, 5) is 3.90. The van der Waals surface area contributed by atoms with Crippen LogP contribution in [0.3, 0.4) is 0 Å². The second-order valence-corrected chi connectivity index (χ2v) is 1.88. The van der Waals surface area contributed by atoms with Gasteiger partial charge in [-0.3, -0.25) is 4.99 Å². The minimum atomic E-state index is 0.723. The zero-order valence-electron chi connectivity index (χ0n) is 4.09. The molecule has 0 atom stereocenters. The summed E-state index contributed by atoms with van der Waals surface area (Å²) >= 11 is 1.61. The molecule has 0 spiro atoms. The highest BCUT2D eigenvalue weighted by Gasteiger charge is 1.98. The molecule has 1 rings (SSSR count). The Hall–Kier alpha value is -0.220. The van der Waals surface area contributed by atoms with Crippen LogP contribution in [0.5, 0.6) is 0 Å². The highest BCUT2D eigenvalue weighted by atomic mass is 32.2. The van der Waals surface area contributed by atoms with E-state index in [1.54, 1.807) is 18.3 Å². The fourth-order valence-electron chi connectivity index (χ4n) is 0.378. The molecule has 1 N–H and O–H groups in total. The van der Waals surface area contributed by atoms with E-state index in [1.807, 2.05) is 10.7 Å². The second-order valence-electron chi connectivity index (χ2n) is 1.12. The minimum absolute atomic E-state index is 0.723. The topological polar surface area (TPSA) is 27.6 Å². The van der Waals surface area contributed by atoms with Gasteiger partial charge in [-0.15, -0.1) is 0 Å². The molecule has 0 aromatic carbocycles. The third kappa shape index (κ3) is 1.07. The maximum atomic E-state index is 3.90. The summed E-state index contributed by atoms with van der Waals surface area (Å²) in [6.07, 6.45) is 3.76. The van der Waals surface area contributed by atoms with Gasteiger partial charge in [-0.2, -0.15) is 0 Å². The molecule has 0 unspecified atom stereocenters. The Morgan fingerprint density at radius 2 is 2.86 bits per heavy atom. The summed E-state index contributed by atoms with van der Waals surface area (Å²) in [6.45, 7) is 0.723. The standard InChI is InChI=1S/C3H7N3S/c1-7-6-3-4-2-5-6/h3,5H,2H2,1H3. The fourth-order valence-corrected chi connectivity index (χ4v) is 0.726. The number of aliphatic imine (C=N–C) groups is 1. The Morgan fingerprint density at radius 3 is 3.14 bits per heavy atom. The van der Waals surface area contributed by atoms with Crippen molar-refractivity contribution in [1.82, 2.24) is 9.84 Å². The van der Waals surface area contributed by atoms with Crippen LogP contribution in [0.15, 0.2) is 4.99 Å². The Labute approximate surface area is 46.9 Å². The first-order chi connectivity index (χ1) is 3.43. The van der Waals surface area contributed by atoms with Gasteiger partial charge in [0.1, 0.15) is 13.0 Å². The minimum Gasteiger partial charge on any atom is -0.256 e. The Kier molecular flexibility index (Phi) is 1.54. The molecule has 0 amide bonds. The predicted molar refractivity (Wildman–Crippen MR) is 31.8 cm³/mol. The Balaban J connectivity index is 2.28. The molecule has 0 radical (unpaired) electrons. The van der Waals surface area contributed by atoms with Crippen molar-refractivity contribution in [3.63, 3.8) is 0 Å². The molecule has 0 saturated heterocycles. The van der Waals surface area contributed by atoms with Crippen molar-refractivity contribution in [3.05, 3.63) is 0 Å². The van der Waals surface area contributed by atoms with Gasteiger partial charge in [0.2, 0.25) is 0 Å². The summed E-state index contributed by atoms with van der Waals surface area (Å²) in [6, 6.07) is 0. The number of hydrogen-bond donors (Lipinski definition) is 1. The highest BCUT2D eigenvalue weighted by molar-refractivity contribution is 7.96. The van der Waals surface area contributed by atoms with E-state index in [-0.39, 0.29) is 0 Å². The third-order valence-electron chi connectivity index (χ3n) is 0.701. The zero-order chi connectivity index (χ0) is 5.11. The summed E-state index contributed by atoms with van der Waals surface area (Å²) < 4.78 is 1.86. The van der Waals surface area contributed by atoms with Crippen LogP contribution in [0, 0.1) is 0 Å². The highest BCUT2D eigenvalue weighted by Crippen LogP contribution is 1.98. The SMILES string of the molecule is CSN1C=NCN1. The van der Waals surface area contributed by atoms with Crippen molar-refractivity contribution in [2.45, 2.75) is 0 Å². The molecule has 0 aromatic heterocycles. The third-order valence-corrected chi connectivity index (χ3v) is 1.32. The van der Waals surface area contributed by atoms with Gasteiger partial charge in [-0.05, 0) is 11.9 Å². The smallest absolute Gasteiger partial charge is 0.113 e. The summed E-state index contributed by atoms with van der Waals surface area (Å²) in [5, 5.41) is 0. The fraction of sp³-hybridized carbons (Fsp3) is 0.667. The van der Waals surface area contributed by atoms with Gasteiger partial charge in [0.15, 0.2) is 0 Å². The first-order valence-electron chi connectivity index (χ1n) is 2.00. The number of rotatable bonds is 1. The zero-order valence-corrected chi connectivity index (χ0v) is 4.90. The first-order valence-corrected chi connectivity index (χ1v) is 3.18. The van der Waals surface area contributed by atoms with Crippen LogP contribution >= 0.6 is 11.9 Å². The van der Waals surface area contributed by atoms with Crippen molar-refractivity contribution in [2.24, 2.45) is 4.99 Å². The number of nitrogens with one attached hydrogen (secondary N) is 1. The van der Waals surface area contributed by atoms with Gasteiger partial charge in [0.05, 0.1) is 0 Å². The summed E-state index contributed by atoms with van der Waals surface area (Å²) in [7, 11) is 0.